The number of benzene rings is 1. The number of carbonyl (C=O) groups is 1. The molecule has 1 aromatic heterocycles. The van der Waals surface area contributed by atoms with E-state index in [0.29, 0.717) is 22.4 Å². The van der Waals surface area contributed by atoms with Crippen molar-refractivity contribution in [1.82, 2.24) is 19.8 Å². The van der Waals surface area contributed by atoms with Crippen LogP contribution in [0.5, 0.6) is 0 Å². The van der Waals surface area contributed by atoms with Gasteiger partial charge in [-0.1, -0.05) is 11.6 Å². The van der Waals surface area contributed by atoms with Crippen LogP contribution in [-0.4, -0.2) is 89.7 Å². The topological polar surface area (TPSA) is 85.9 Å². The van der Waals surface area contributed by atoms with Crippen molar-refractivity contribution in [2.75, 3.05) is 62.4 Å². The monoisotopic (exact) mass is 543 g/mol. The van der Waals surface area contributed by atoms with E-state index in [1.165, 1.54) is 6.20 Å². The zero-order valence-corrected chi connectivity index (χ0v) is 24.5. The Kier molecular flexibility index (Phi) is 8.40. The lowest BCUT2D eigenvalue weighted by atomic mass is 9.77. The number of piperidine rings is 1. The van der Waals surface area contributed by atoms with Crippen molar-refractivity contribution >= 4 is 40.7 Å². The van der Waals surface area contributed by atoms with E-state index in [-0.39, 0.29) is 23.7 Å². The normalized spacial score (nSPS) is 20.3. The molecule has 0 radical (unpaired) electrons. The summed E-state index contributed by atoms with van der Waals surface area (Å²) in [5, 5.41) is 7.50. The highest BCUT2D eigenvalue weighted by Crippen LogP contribution is 2.38. The Labute approximate surface area is 231 Å². The molecular formula is C28H42ClN7O2. The third-order valence-corrected chi connectivity index (χ3v) is 8.28. The summed E-state index contributed by atoms with van der Waals surface area (Å²) in [5.41, 5.74) is 2.11. The molecule has 1 aromatic carbocycles. The summed E-state index contributed by atoms with van der Waals surface area (Å²) in [4.78, 5) is 28.9. The lowest BCUT2D eigenvalue weighted by Gasteiger charge is -2.53. The molecule has 9 nitrogen and oxygen atoms in total. The van der Waals surface area contributed by atoms with Gasteiger partial charge in [-0.25, -0.2) is 9.78 Å². The van der Waals surface area contributed by atoms with Crippen LogP contribution in [0.3, 0.4) is 0 Å². The summed E-state index contributed by atoms with van der Waals surface area (Å²) in [7, 11) is 4.31. The summed E-state index contributed by atoms with van der Waals surface area (Å²) in [6, 6.07) is 6.04. The minimum atomic E-state index is -0.437. The van der Waals surface area contributed by atoms with Crippen LogP contribution >= 0.6 is 11.6 Å². The fourth-order valence-corrected chi connectivity index (χ4v) is 5.89. The third-order valence-electron chi connectivity index (χ3n) is 7.98. The van der Waals surface area contributed by atoms with Gasteiger partial charge >= 0.3 is 5.97 Å². The van der Waals surface area contributed by atoms with Gasteiger partial charge in [0.1, 0.15) is 11.4 Å². The first kappa shape index (κ1) is 28.4. The number of halogens is 1. The van der Waals surface area contributed by atoms with Gasteiger partial charge in [0.25, 0.3) is 0 Å². The average molecular weight is 544 g/mol. The largest absolute Gasteiger partial charge is 0.462 e. The first-order chi connectivity index (χ1) is 17.9. The Hall–Kier alpha value is -2.62. The van der Waals surface area contributed by atoms with E-state index < -0.39 is 5.97 Å². The number of nitrogens with zero attached hydrogens (tertiary/aromatic N) is 5. The molecule has 38 heavy (non-hydrogen) atoms. The molecule has 0 aliphatic carbocycles. The molecule has 0 unspecified atom stereocenters. The SMILES string of the molecule is CCOC(=O)c1cnc(Nc2ccc(N3CCN(C)CC3)c(Cl)c2)nc1NC1CC(C)(C)N(C)C(C)(C)C1. The maximum Gasteiger partial charge on any atom is 0.343 e. The van der Waals surface area contributed by atoms with E-state index in [9.17, 15) is 4.79 Å². The standard InChI is InChI=1S/C28H42ClN7O2/c1-8-38-25(37)21-18-30-26(33-24(21)31-20-16-27(2,3)35(7)28(4,5)17-20)32-19-9-10-23(22(29)15-19)36-13-11-34(6)12-14-36/h9-10,15,18,20H,8,11-14,16-17H2,1-7H3,(H2,30,31,32,33). The summed E-state index contributed by atoms with van der Waals surface area (Å²) in [6.07, 6.45) is 3.34. The molecule has 3 heterocycles. The molecule has 2 N–H and O–H groups in total. The Morgan fingerprint density at radius 1 is 1.11 bits per heavy atom. The Balaban J connectivity index is 1.56. The number of ether oxygens (including phenoxy) is 1. The smallest absolute Gasteiger partial charge is 0.343 e. The molecule has 2 aliphatic rings. The minimum absolute atomic E-state index is 0.0140. The second-order valence-electron chi connectivity index (χ2n) is 11.7. The summed E-state index contributed by atoms with van der Waals surface area (Å²) in [6.45, 7) is 15.0. The van der Waals surface area contributed by atoms with E-state index in [4.69, 9.17) is 21.3 Å². The second kappa shape index (κ2) is 11.2. The first-order valence-electron chi connectivity index (χ1n) is 13.4. The molecule has 0 amide bonds. The highest BCUT2D eigenvalue weighted by Gasteiger charge is 2.43. The zero-order chi connectivity index (χ0) is 27.7. The van der Waals surface area contributed by atoms with E-state index >= 15 is 0 Å². The van der Waals surface area contributed by atoms with Crippen molar-refractivity contribution in [3.8, 4) is 0 Å². The van der Waals surface area contributed by atoms with Crippen molar-refractivity contribution < 1.29 is 9.53 Å². The quantitative estimate of drug-likeness (QED) is 0.475. The summed E-state index contributed by atoms with van der Waals surface area (Å²) >= 11 is 6.68. The van der Waals surface area contributed by atoms with Crippen LogP contribution in [0.4, 0.5) is 23.1 Å². The number of aromatic nitrogens is 2. The molecule has 2 aliphatic heterocycles. The highest BCUT2D eigenvalue weighted by atomic mass is 35.5. The molecule has 0 atom stereocenters. The first-order valence-corrected chi connectivity index (χ1v) is 13.8. The third kappa shape index (κ3) is 6.33. The van der Waals surface area contributed by atoms with Gasteiger partial charge in [0, 0.05) is 55.2 Å². The number of esters is 1. The molecule has 2 fully saturated rings. The van der Waals surface area contributed by atoms with Gasteiger partial charge in [0.05, 0.1) is 17.3 Å². The van der Waals surface area contributed by atoms with Crippen molar-refractivity contribution in [3.63, 3.8) is 0 Å². The fourth-order valence-electron chi connectivity index (χ4n) is 5.59. The number of anilines is 4. The van der Waals surface area contributed by atoms with Crippen molar-refractivity contribution in [1.29, 1.82) is 0 Å². The van der Waals surface area contributed by atoms with Crippen LogP contribution in [0, 0.1) is 0 Å². The molecule has 4 rings (SSSR count). The summed E-state index contributed by atoms with van der Waals surface area (Å²) in [5.74, 6) is 0.422. The predicted octanol–water partition coefficient (Wildman–Crippen LogP) is 4.87. The minimum Gasteiger partial charge on any atom is -0.462 e. The van der Waals surface area contributed by atoms with Gasteiger partial charge in [-0.3, -0.25) is 4.90 Å². The fraction of sp³-hybridized carbons (Fsp3) is 0.607. The number of likely N-dealkylation sites (N-methyl/N-ethyl adjacent to an activating group) is 1. The maximum atomic E-state index is 12.7. The molecule has 0 saturated carbocycles. The molecule has 2 saturated heterocycles. The number of hydrogen-bond acceptors (Lipinski definition) is 9. The van der Waals surface area contributed by atoms with Gasteiger partial charge in [0.15, 0.2) is 0 Å². The van der Waals surface area contributed by atoms with E-state index in [1.807, 2.05) is 18.2 Å². The molecule has 0 spiro atoms. The lowest BCUT2D eigenvalue weighted by molar-refractivity contribution is -0.00773. The second-order valence-corrected chi connectivity index (χ2v) is 12.1. The molecule has 208 valence electrons. The maximum absolute atomic E-state index is 12.7. The van der Waals surface area contributed by atoms with E-state index in [1.54, 1.807) is 6.92 Å². The molecule has 0 bridgehead atoms. The van der Waals surface area contributed by atoms with E-state index in [2.05, 4.69) is 72.1 Å². The summed E-state index contributed by atoms with van der Waals surface area (Å²) < 4.78 is 5.30. The highest BCUT2D eigenvalue weighted by molar-refractivity contribution is 6.33. The Morgan fingerprint density at radius 3 is 2.37 bits per heavy atom. The van der Waals surface area contributed by atoms with E-state index in [0.717, 1.165) is 50.4 Å². The van der Waals surface area contributed by atoms with Crippen molar-refractivity contribution in [2.24, 2.45) is 0 Å². The molecule has 2 aromatic rings. The Morgan fingerprint density at radius 2 is 1.76 bits per heavy atom. The molecular weight excluding hydrogens is 502 g/mol. The van der Waals surface area contributed by atoms with Crippen LogP contribution in [-0.2, 0) is 4.74 Å². The average Bonchev–Trinajstić information content (AvgIpc) is 2.83. The zero-order valence-electron chi connectivity index (χ0n) is 23.8. The van der Waals surface area contributed by atoms with Gasteiger partial charge in [-0.05, 0) is 79.8 Å². The van der Waals surface area contributed by atoms with Crippen LogP contribution in [0.25, 0.3) is 0 Å². The number of likely N-dealkylation sites (tertiary alicyclic amines) is 1. The van der Waals surface area contributed by atoms with Crippen LogP contribution in [0.2, 0.25) is 5.02 Å². The number of carbonyl (C=O) groups excluding carboxylic acids is 1. The van der Waals surface area contributed by atoms with Crippen LogP contribution in [0.1, 0.15) is 57.8 Å². The number of rotatable bonds is 7. The van der Waals surface area contributed by atoms with Gasteiger partial charge in [-0.2, -0.15) is 4.98 Å². The molecule has 10 heteroatoms. The van der Waals surface area contributed by atoms with Gasteiger partial charge in [0.2, 0.25) is 5.95 Å². The predicted molar refractivity (Wildman–Crippen MR) is 155 cm³/mol. The lowest BCUT2D eigenvalue weighted by Crippen LogP contribution is -2.61. The van der Waals surface area contributed by atoms with Crippen molar-refractivity contribution in [2.45, 2.75) is 64.6 Å². The van der Waals surface area contributed by atoms with Gasteiger partial charge < -0.3 is 25.2 Å². The van der Waals surface area contributed by atoms with Crippen LogP contribution in [0.15, 0.2) is 24.4 Å². The van der Waals surface area contributed by atoms with Gasteiger partial charge in [-0.15, -0.1) is 0 Å². The van der Waals surface area contributed by atoms with Crippen molar-refractivity contribution in [3.05, 3.63) is 35.0 Å². The number of nitrogens with one attached hydrogen (secondary N) is 2. The number of hydrogen-bond donors (Lipinski definition) is 2. The Bertz CT molecular complexity index is 1130. The van der Waals surface area contributed by atoms with Crippen LogP contribution < -0.4 is 15.5 Å². The number of piperazine rings is 1.